The van der Waals surface area contributed by atoms with Gasteiger partial charge in [-0.25, -0.2) is 0 Å². The van der Waals surface area contributed by atoms with Crippen LogP contribution in [0.4, 0.5) is 0 Å². The Balaban J connectivity index is 2.20. The van der Waals surface area contributed by atoms with Crippen molar-refractivity contribution >= 4 is 11.5 Å². The molecule has 3 rings (SSSR count). The third-order valence-electron chi connectivity index (χ3n) is 3.31. The lowest BCUT2D eigenvalue weighted by Gasteiger charge is -2.34. The van der Waals surface area contributed by atoms with Gasteiger partial charge in [0.05, 0.1) is 0 Å². The highest BCUT2D eigenvalue weighted by Gasteiger charge is 2.29. The van der Waals surface area contributed by atoms with Crippen LogP contribution < -0.4 is 0 Å². The molecule has 1 aromatic carbocycles. The van der Waals surface area contributed by atoms with Crippen LogP contribution in [0.5, 0.6) is 0 Å². The Bertz CT molecular complexity index is 618. The van der Waals surface area contributed by atoms with E-state index in [4.69, 9.17) is 0 Å². The second kappa shape index (κ2) is 4.38. The van der Waals surface area contributed by atoms with E-state index in [-0.39, 0.29) is 11.8 Å². The number of rotatable bonds is 2. The van der Waals surface area contributed by atoms with Crippen molar-refractivity contribution < 1.29 is 5.11 Å². The van der Waals surface area contributed by atoms with Crippen molar-refractivity contribution in [2.75, 3.05) is 0 Å². The predicted octanol–water partition coefficient (Wildman–Crippen LogP) is 1.81. The first kappa shape index (κ1) is 11.7. The number of aromatic amines is 1. The number of tetrazole rings is 1. The number of nitrogens with zero attached hydrogens (tertiary/aromatic N) is 4. The van der Waals surface area contributed by atoms with Crippen molar-refractivity contribution in [1.29, 1.82) is 0 Å². The number of aliphatic hydroxyl groups is 1. The van der Waals surface area contributed by atoms with Gasteiger partial charge in [0.25, 0.3) is 0 Å². The molecule has 98 valence electrons. The standard InChI is InChI=1S/C13H15N5O/c1-8(2)18-7-9-5-3-4-6-10(9)12(19)11(18)13-14-16-17-15-13/h3-6,8,19H,7H2,1-2H3,(H,14,15,16,17). The third kappa shape index (κ3) is 1.85. The van der Waals surface area contributed by atoms with E-state index in [1.165, 1.54) is 0 Å². The lowest BCUT2D eigenvalue weighted by Crippen LogP contribution is -2.33. The molecule has 1 aliphatic rings. The highest BCUT2D eigenvalue weighted by atomic mass is 16.3. The SMILES string of the molecule is CC(C)N1Cc2ccccc2C(O)=C1c1nn[nH]n1. The van der Waals surface area contributed by atoms with Crippen LogP contribution >= 0.6 is 0 Å². The Morgan fingerprint density at radius 1 is 1.32 bits per heavy atom. The molecule has 0 saturated carbocycles. The fraction of sp³-hybridized carbons (Fsp3) is 0.308. The number of hydrogen-bond acceptors (Lipinski definition) is 5. The van der Waals surface area contributed by atoms with Gasteiger partial charge in [-0.2, -0.15) is 5.21 Å². The molecule has 6 nitrogen and oxygen atoms in total. The molecular formula is C13H15N5O. The van der Waals surface area contributed by atoms with Gasteiger partial charge in [-0.1, -0.05) is 24.3 Å². The van der Waals surface area contributed by atoms with Crippen LogP contribution in [-0.2, 0) is 6.54 Å². The highest BCUT2D eigenvalue weighted by Crippen LogP contribution is 2.35. The summed E-state index contributed by atoms with van der Waals surface area (Å²) < 4.78 is 0. The Labute approximate surface area is 110 Å². The van der Waals surface area contributed by atoms with Crippen LogP contribution in [0.15, 0.2) is 24.3 Å². The Morgan fingerprint density at radius 2 is 2.11 bits per heavy atom. The lowest BCUT2D eigenvalue weighted by atomic mass is 9.98. The maximum atomic E-state index is 10.5. The summed E-state index contributed by atoms with van der Waals surface area (Å²) in [5, 5.41) is 24.5. The van der Waals surface area contributed by atoms with Crippen LogP contribution in [0.2, 0.25) is 0 Å². The first-order chi connectivity index (χ1) is 9.18. The summed E-state index contributed by atoms with van der Waals surface area (Å²) in [7, 11) is 0. The first-order valence-electron chi connectivity index (χ1n) is 6.20. The molecule has 0 bridgehead atoms. The molecule has 0 atom stereocenters. The second-order valence-corrected chi connectivity index (χ2v) is 4.81. The molecule has 1 aliphatic heterocycles. The molecule has 6 heteroatoms. The summed E-state index contributed by atoms with van der Waals surface area (Å²) in [6.07, 6.45) is 0. The van der Waals surface area contributed by atoms with Crippen molar-refractivity contribution in [3.63, 3.8) is 0 Å². The minimum atomic E-state index is 0.206. The largest absolute Gasteiger partial charge is 0.505 e. The average Bonchev–Trinajstić information content (AvgIpc) is 2.92. The van der Waals surface area contributed by atoms with Crippen LogP contribution in [0.3, 0.4) is 0 Å². The van der Waals surface area contributed by atoms with Gasteiger partial charge in [0.1, 0.15) is 5.70 Å². The summed E-state index contributed by atoms with van der Waals surface area (Å²) in [5.41, 5.74) is 2.56. The van der Waals surface area contributed by atoms with Crippen molar-refractivity contribution in [2.24, 2.45) is 0 Å². The smallest absolute Gasteiger partial charge is 0.224 e. The van der Waals surface area contributed by atoms with E-state index >= 15 is 0 Å². The molecule has 0 unspecified atom stereocenters. The predicted molar refractivity (Wildman–Crippen MR) is 70.7 cm³/mol. The molecule has 0 saturated heterocycles. The molecule has 1 aromatic heterocycles. The molecule has 0 radical (unpaired) electrons. The minimum absolute atomic E-state index is 0.206. The lowest BCUT2D eigenvalue weighted by molar-refractivity contribution is 0.308. The molecule has 0 aliphatic carbocycles. The Hall–Kier alpha value is -2.37. The zero-order valence-electron chi connectivity index (χ0n) is 10.8. The van der Waals surface area contributed by atoms with E-state index < -0.39 is 0 Å². The summed E-state index contributed by atoms with van der Waals surface area (Å²) in [5.74, 6) is 0.623. The van der Waals surface area contributed by atoms with E-state index in [0.29, 0.717) is 11.5 Å². The van der Waals surface area contributed by atoms with Crippen LogP contribution in [0.25, 0.3) is 11.5 Å². The van der Waals surface area contributed by atoms with Crippen molar-refractivity contribution in [1.82, 2.24) is 25.5 Å². The maximum absolute atomic E-state index is 10.5. The monoisotopic (exact) mass is 257 g/mol. The number of fused-ring (bicyclic) bond motifs is 1. The highest BCUT2D eigenvalue weighted by molar-refractivity contribution is 5.86. The van der Waals surface area contributed by atoms with Gasteiger partial charge in [0.2, 0.25) is 5.82 Å². The summed E-state index contributed by atoms with van der Waals surface area (Å²) in [6.45, 7) is 4.87. The number of benzene rings is 1. The van der Waals surface area contributed by atoms with Crippen molar-refractivity contribution in [2.45, 2.75) is 26.4 Å². The summed E-state index contributed by atoms with van der Waals surface area (Å²) in [4.78, 5) is 2.07. The van der Waals surface area contributed by atoms with E-state index in [9.17, 15) is 5.11 Å². The number of hydrogen-bond donors (Lipinski definition) is 2. The first-order valence-corrected chi connectivity index (χ1v) is 6.20. The topological polar surface area (TPSA) is 77.9 Å². The van der Waals surface area contributed by atoms with Crippen LogP contribution in [-0.4, -0.2) is 36.7 Å². The number of nitrogens with one attached hydrogen (secondary N) is 1. The van der Waals surface area contributed by atoms with Gasteiger partial charge in [-0.3, -0.25) is 0 Å². The van der Waals surface area contributed by atoms with E-state index in [1.807, 2.05) is 24.3 Å². The van der Waals surface area contributed by atoms with Gasteiger partial charge in [0, 0.05) is 18.2 Å². The minimum Gasteiger partial charge on any atom is -0.505 e. The molecule has 0 fully saturated rings. The molecule has 2 aromatic rings. The molecule has 0 amide bonds. The van der Waals surface area contributed by atoms with Crippen LogP contribution in [0.1, 0.15) is 30.8 Å². The normalized spacial score (nSPS) is 15.0. The quantitative estimate of drug-likeness (QED) is 0.857. The van der Waals surface area contributed by atoms with Gasteiger partial charge in [0.15, 0.2) is 5.76 Å². The summed E-state index contributed by atoms with van der Waals surface area (Å²) >= 11 is 0. The fourth-order valence-corrected chi connectivity index (χ4v) is 2.35. The van der Waals surface area contributed by atoms with Gasteiger partial charge in [-0.05, 0) is 24.6 Å². The Kier molecular flexibility index (Phi) is 2.70. The zero-order valence-corrected chi connectivity index (χ0v) is 10.8. The van der Waals surface area contributed by atoms with Crippen LogP contribution in [0, 0.1) is 0 Å². The number of aromatic nitrogens is 4. The molecule has 19 heavy (non-hydrogen) atoms. The second-order valence-electron chi connectivity index (χ2n) is 4.81. The molecule has 2 N–H and O–H groups in total. The number of H-pyrrole nitrogens is 1. The van der Waals surface area contributed by atoms with E-state index in [0.717, 1.165) is 17.7 Å². The Morgan fingerprint density at radius 3 is 2.79 bits per heavy atom. The van der Waals surface area contributed by atoms with Crippen molar-refractivity contribution in [3.8, 4) is 0 Å². The van der Waals surface area contributed by atoms with Crippen molar-refractivity contribution in [3.05, 3.63) is 41.2 Å². The summed E-state index contributed by atoms with van der Waals surface area (Å²) in [6, 6.07) is 8.04. The van der Waals surface area contributed by atoms with E-state index in [1.54, 1.807) is 0 Å². The van der Waals surface area contributed by atoms with Gasteiger partial charge >= 0.3 is 0 Å². The molecule has 0 spiro atoms. The average molecular weight is 257 g/mol. The fourth-order valence-electron chi connectivity index (χ4n) is 2.35. The number of aliphatic hydroxyl groups excluding tert-OH is 1. The zero-order chi connectivity index (χ0) is 13.4. The molecular weight excluding hydrogens is 242 g/mol. The maximum Gasteiger partial charge on any atom is 0.224 e. The van der Waals surface area contributed by atoms with Gasteiger partial charge in [-0.15, -0.1) is 10.2 Å². The molecule has 2 heterocycles. The van der Waals surface area contributed by atoms with E-state index in [2.05, 4.69) is 39.4 Å². The van der Waals surface area contributed by atoms with Gasteiger partial charge < -0.3 is 10.0 Å². The third-order valence-corrected chi connectivity index (χ3v) is 3.31.